The predicted molar refractivity (Wildman–Crippen MR) is 131 cm³/mol. The molecule has 0 saturated carbocycles. The van der Waals surface area contributed by atoms with Gasteiger partial charge in [0.25, 0.3) is 0 Å². The van der Waals surface area contributed by atoms with Crippen LogP contribution in [0.15, 0.2) is 29.4 Å². The Bertz CT molecular complexity index is 883. The second-order valence-electron chi connectivity index (χ2n) is 9.35. The van der Waals surface area contributed by atoms with Crippen LogP contribution in [0.3, 0.4) is 0 Å². The summed E-state index contributed by atoms with van der Waals surface area (Å²) in [4.78, 5) is 12.3. The highest BCUT2D eigenvalue weighted by molar-refractivity contribution is 5.94. The predicted octanol–water partition coefficient (Wildman–Crippen LogP) is 4.91. The van der Waals surface area contributed by atoms with Gasteiger partial charge in [-0.15, -0.1) is 0 Å². The lowest BCUT2D eigenvalue weighted by Gasteiger charge is -2.32. The fourth-order valence-electron chi connectivity index (χ4n) is 4.03. The summed E-state index contributed by atoms with van der Waals surface area (Å²) >= 11 is 0. The first-order valence-electron chi connectivity index (χ1n) is 12.2. The Kier molecular flexibility index (Phi) is 11.1. The lowest BCUT2D eigenvalue weighted by atomic mass is 9.94. The molecule has 190 valence electrons. The van der Waals surface area contributed by atoms with Crippen molar-refractivity contribution in [3.63, 3.8) is 0 Å². The molecule has 2 unspecified atom stereocenters. The highest BCUT2D eigenvalue weighted by Gasteiger charge is 2.33. The van der Waals surface area contributed by atoms with Crippen LogP contribution in [0.1, 0.15) is 87.7 Å². The van der Waals surface area contributed by atoms with E-state index < -0.39 is 24.5 Å². The molecule has 1 aliphatic rings. The van der Waals surface area contributed by atoms with E-state index in [9.17, 15) is 25.2 Å². The molecule has 7 heteroatoms. The summed E-state index contributed by atoms with van der Waals surface area (Å²) in [5.74, 6) is -1.17. The summed E-state index contributed by atoms with van der Waals surface area (Å²) in [6, 6.07) is 1.52. The number of aryl methyl sites for hydroxylation is 1. The molecule has 0 aromatic heterocycles. The van der Waals surface area contributed by atoms with Crippen LogP contribution in [0.5, 0.6) is 11.5 Å². The second-order valence-corrected chi connectivity index (χ2v) is 9.35. The van der Waals surface area contributed by atoms with E-state index in [0.717, 1.165) is 37.7 Å². The lowest BCUT2D eigenvalue weighted by Crippen LogP contribution is -2.44. The molecule has 1 heterocycles. The van der Waals surface area contributed by atoms with Gasteiger partial charge in [-0.1, -0.05) is 43.1 Å². The maximum absolute atomic E-state index is 12.3. The molecule has 0 spiro atoms. The van der Waals surface area contributed by atoms with E-state index in [4.69, 9.17) is 9.47 Å². The highest BCUT2D eigenvalue weighted by Crippen LogP contribution is 2.38. The summed E-state index contributed by atoms with van der Waals surface area (Å²) in [6.07, 6.45) is 6.36. The quantitative estimate of drug-likeness (QED) is 0.250. The first kappa shape index (κ1) is 27.9. The molecule has 3 atom stereocenters. The Labute approximate surface area is 202 Å². The Morgan fingerprint density at radius 3 is 2.56 bits per heavy atom. The zero-order chi connectivity index (χ0) is 25.3. The molecule has 1 fully saturated rings. The fourth-order valence-corrected chi connectivity index (χ4v) is 4.03. The molecule has 1 aliphatic heterocycles. The molecule has 1 saturated heterocycles. The number of benzene rings is 1. The van der Waals surface area contributed by atoms with Crippen LogP contribution in [0, 0.1) is 0 Å². The van der Waals surface area contributed by atoms with Gasteiger partial charge in [0.2, 0.25) is 6.29 Å². The van der Waals surface area contributed by atoms with Gasteiger partial charge in [0.1, 0.15) is 23.2 Å². The summed E-state index contributed by atoms with van der Waals surface area (Å²) in [5.41, 5.74) is 3.19. The normalized spacial score (nSPS) is 20.8. The number of ether oxygens (including phenoxy) is 2. The molecule has 0 aliphatic carbocycles. The SMILES string of the molecule is CCCCCc1cc(O)c(C/C=C(\C)CCC=C(C)C)c(OC2OC[C@@H](O)CC2O)c1C(=O)O. The van der Waals surface area contributed by atoms with Gasteiger partial charge < -0.3 is 29.9 Å². The van der Waals surface area contributed by atoms with Crippen molar-refractivity contribution in [2.24, 2.45) is 0 Å². The molecule has 7 nitrogen and oxygen atoms in total. The minimum absolute atomic E-state index is 0.0126. The number of aromatic carboxylic acids is 1. The van der Waals surface area contributed by atoms with Crippen molar-refractivity contribution in [2.45, 2.75) is 97.6 Å². The molecule has 1 aromatic rings. The van der Waals surface area contributed by atoms with E-state index in [1.165, 1.54) is 11.6 Å². The number of unbranched alkanes of at least 4 members (excludes halogenated alkanes) is 2. The van der Waals surface area contributed by atoms with Crippen molar-refractivity contribution in [3.8, 4) is 11.5 Å². The Morgan fingerprint density at radius 1 is 1.21 bits per heavy atom. The zero-order valence-electron chi connectivity index (χ0n) is 20.8. The summed E-state index contributed by atoms with van der Waals surface area (Å²) in [7, 11) is 0. The standard InChI is InChI=1S/C27H40O7/c1-5-6-7-11-19-14-22(29)21(13-12-18(4)10-8-9-17(2)3)25(24(19)26(31)32)34-27-23(30)15-20(28)16-33-27/h9,12,14,20,23,27-30H,5-8,10-11,13,15-16H2,1-4H3,(H,31,32)/b18-12+/t20-,23?,27?/m0/s1. The largest absolute Gasteiger partial charge is 0.508 e. The fraction of sp³-hybridized carbons (Fsp3) is 0.593. The molecule has 0 radical (unpaired) electrons. The van der Waals surface area contributed by atoms with Crippen molar-refractivity contribution in [2.75, 3.05) is 6.61 Å². The van der Waals surface area contributed by atoms with Crippen molar-refractivity contribution in [3.05, 3.63) is 46.1 Å². The van der Waals surface area contributed by atoms with Gasteiger partial charge in [0.05, 0.1) is 12.7 Å². The number of allylic oxidation sites excluding steroid dienone is 4. The van der Waals surface area contributed by atoms with E-state index in [1.807, 2.05) is 13.0 Å². The second kappa shape index (κ2) is 13.5. The Morgan fingerprint density at radius 2 is 1.94 bits per heavy atom. The number of carbonyl (C=O) groups is 1. The van der Waals surface area contributed by atoms with Crippen LogP contribution in [0.25, 0.3) is 0 Å². The smallest absolute Gasteiger partial charge is 0.339 e. The van der Waals surface area contributed by atoms with Crippen molar-refractivity contribution < 1.29 is 34.7 Å². The van der Waals surface area contributed by atoms with Crippen molar-refractivity contribution in [1.82, 2.24) is 0 Å². The third-order valence-corrected chi connectivity index (χ3v) is 5.97. The average Bonchev–Trinajstić information content (AvgIpc) is 2.74. The molecule has 1 aromatic carbocycles. The molecule has 34 heavy (non-hydrogen) atoms. The monoisotopic (exact) mass is 476 g/mol. The first-order chi connectivity index (χ1) is 16.1. The first-order valence-corrected chi connectivity index (χ1v) is 12.2. The summed E-state index contributed by atoms with van der Waals surface area (Å²) < 4.78 is 11.4. The number of aliphatic hydroxyl groups is 2. The third kappa shape index (κ3) is 8.15. The van der Waals surface area contributed by atoms with Crippen LogP contribution in [0.2, 0.25) is 0 Å². The van der Waals surface area contributed by atoms with Gasteiger partial charge in [-0.05, 0) is 64.5 Å². The van der Waals surface area contributed by atoms with E-state index in [-0.39, 0.29) is 36.5 Å². The third-order valence-electron chi connectivity index (χ3n) is 5.97. The van der Waals surface area contributed by atoms with Gasteiger partial charge in [-0.3, -0.25) is 0 Å². The Balaban J connectivity index is 2.44. The number of carboxylic acid groups (broad SMARTS) is 1. The van der Waals surface area contributed by atoms with Gasteiger partial charge in [0, 0.05) is 12.0 Å². The van der Waals surface area contributed by atoms with Gasteiger partial charge in [-0.25, -0.2) is 4.79 Å². The van der Waals surface area contributed by atoms with Gasteiger partial charge in [0.15, 0.2) is 0 Å². The molecular formula is C27H40O7. The number of aliphatic hydroxyl groups excluding tert-OH is 2. The van der Waals surface area contributed by atoms with Crippen molar-refractivity contribution >= 4 is 5.97 Å². The van der Waals surface area contributed by atoms with Crippen molar-refractivity contribution in [1.29, 1.82) is 0 Å². The number of aromatic hydroxyl groups is 1. The van der Waals surface area contributed by atoms with Gasteiger partial charge in [-0.2, -0.15) is 0 Å². The number of phenols is 1. The van der Waals surface area contributed by atoms with Crippen LogP contribution in [-0.2, 0) is 17.6 Å². The number of hydrogen-bond acceptors (Lipinski definition) is 6. The molecule has 0 amide bonds. The minimum atomic E-state index is -1.16. The van der Waals surface area contributed by atoms with E-state index in [0.29, 0.717) is 17.5 Å². The molecular weight excluding hydrogens is 436 g/mol. The van der Waals surface area contributed by atoms with Crippen LogP contribution < -0.4 is 4.74 Å². The van der Waals surface area contributed by atoms with E-state index >= 15 is 0 Å². The number of carboxylic acids is 1. The van der Waals surface area contributed by atoms with Crippen LogP contribution in [-0.4, -0.2) is 51.5 Å². The minimum Gasteiger partial charge on any atom is -0.508 e. The molecule has 4 N–H and O–H groups in total. The Hall–Kier alpha value is -2.35. The van der Waals surface area contributed by atoms with Gasteiger partial charge >= 0.3 is 5.97 Å². The number of hydrogen-bond donors (Lipinski definition) is 4. The lowest BCUT2D eigenvalue weighted by molar-refractivity contribution is -0.199. The van der Waals surface area contributed by atoms with Crippen LogP contribution in [0.4, 0.5) is 0 Å². The summed E-state index contributed by atoms with van der Waals surface area (Å²) in [6.45, 7) is 8.15. The molecule has 0 bridgehead atoms. The van der Waals surface area contributed by atoms with E-state index in [1.54, 1.807) is 0 Å². The topological polar surface area (TPSA) is 116 Å². The highest BCUT2D eigenvalue weighted by atomic mass is 16.7. The summed E-state index contributed by atoms with van der Waals surface area (Å²) in [5, 5.41) is 41.0. The number of phenolic OH excluding ortho intramolecular Hbond substituents is 1. The molecule has 2 rings (SSSR count). The van der Waals surface area contributed by atoms with E-state index in [2.05, 4.69) is 26.8 Å². The number of rotatable bonds is 12. The maximum atomic E-state index is 12.3. The van der Waals surface area contributed by atoms with Crippen LogP contribution >= 0.6 is 0 Å². The maximum Gasteiger partial charge on any atom is 0.339 e. The zero-order valence-corrected chi connectivity index (χ0v) is 20.8. The average molecular weight is 477 g/mol.